The first-order valence-electron chi connectivity index (χ1n) is 9.45. The molecule has 7 heteroatoms. The quantitative estimate of drug-likeness (QED) is 0.368. The lowest BCUT2D eigenvalue weighted by molar-refractivity contribution is -0.127. The molecule has 0 spiro atoms. The molecule has 0 bridgehead atoms. The number of para-hydroxylation sites is 2. The minimum absolute atomic E-state index is 0.206. The van der Waals surface area contributed by atoms with Crippen LogP contribution in [0.25, 0.3) is 0 Å². The summed E-state index contributed by atoms with van der Waals surface area (Å²) in [5.74, 6) is 0.0560. The third-order valence-corrected chi connectivity index (χ3v) is 4.56. The molecule has 148 valence electrons. The summed E-state index contributed by atoms with van der Waals surface area (Å²) < 4.78 is 25.0. The fourth-order valence-electron chi connectivity index (χ4n) is 2.60. The van der Waals surface area contributed by atoms with Gasteiger partial charge in [0.25, 0.3) is 5.91 Å². The Morgan fingerprint density at radius 2 is 1.54 bits per heavy atom. The van der Waals surface area contributed by atoms with Crippen molar-refractivity contribution in [2.75, 3.05) is 11.0 Å². The maximum Gasteiger partial charge on any atom is 0.252 e. The van der Waals surface area contributed by atoms with E-state index in [1.54, 1.807) is 24.3 Å². The largest absolute Gasteiger partial charge is 0.377 e. The van der Waals surface area contributed by atoms with E-state index < -0.39 is 10.0 Å². The van der Waals surface area contributed by atoms with Crippen molar-refractivity contribution in [3.05, 3.63) is 24.3 Å². The van der Waals surface area contributed by atoms with Gasteiger partial charge in [0.15, 0.2) is 5.75 Å². The number of hydrogen-bond donors (Lipinski definition) is 2. The van der Waals surface area contributed by atoms with Gasteiger partial charge in [-0.15, -0.1) is 0 Å². The van der Waals surface area contributed by atoms with Gasteiger partial charge in [0.1, 0.15) is 0 Å². The Morgan fingerprint density at radius 1 is 0.962 bits per heavy atom. The summed E-state index contributed by atoms with van der Waals surface area (Å²) in [5.41, 5.74) is 2.67. The fraction of sp³-hybridized carbons (Fsp3) is 0.632. The van der Waals surface area contributed by atoms with Crippen LogP contribution in [0.3, 0.4) is 0 Å². The van der Waals surface area contributed by atoms with E-state index in [0.29, 0.717) is 12.1 Å². The molecule has 0 aromatic heterocycles. The first-order valence-corrected chi connectivity index (χ1v) is 11.3. The van der Waals surface area contributed by atoms with Gasteiger partial charge in [0.05, 0.1) is 11.9 Å². The lowest BCUT2D eigenvalue weighted by Gasteiger charge is -2.12. The van der Waals surface area contributed by atoms with E-state index in [2.05, 4.69) is 17.1 Å². The maximum absolute atomic E-state index is 11.8. The van der Waals surface area contributed by atoms with Crippen molar-refractivity contribution in [2.24, 2.45) is 0 Å². The molecule has 0 saturated carbocycles. The van der Waals surface area contributed by atoms with Gasteiger partial charge in [0.2, 0.25) is 10.0 Å². The standard InChI is InChI=1S/C19H32N2O4S/c1-3-4-5-6-7-8-9-10-11-16-19(22)20-25-18-15-13-12-14-17(18)21-26(2,23)24/h12-15,21H,3-11,16H2,1-2H3,(H,20,22). The van der Waals surface area contributed by atoms with Crippen molar-refractivity contribution in [2.45, 2.75) is 71.1 Å². The Labute approximate surface area is 157 Å². The molecule has 0 heterocycles. The Bertz CT molecular complexity index is 632. The second-order valence-corrected chi connectivity index (χ2v) is 8.32. The summed E-state index contributed by atoms with van der Waals surface area (Å²) in [6.45, 7) is 2.22. The number of carbonyl (C=O) groups excluding carboxylic acids is 1. The zero-order valence-electron chi connectivity index (χ0n) is 15.9. The second kappa shape index (κ2) is 12.6. The van der Waals surface area contributed by atoms with Gasteiger partial charge >= 0.3 is 0 Å². The lowest BCUT2D eigenvalue weighted by Crippen LogP contribution is -2.27. The molecule has 6 nitrogen and oxygen atoms in total. The normalized spacial score (nSPS) is 11.2. The van der Waals surface area contributed by atoms with Crippen LogP contribution in [-0.4, -0.2) is 20.6 Å². The summed E-state index contributed by atoms with van der Waals surface area (Å²) in [6, 6.07) is 6.55. The van der Waals surface area contributed by atoms with E-state index in [1.165, 1.54) is 38.5 Å². The molecular weight excluding hydrogens is 352 g/mol. The van der Waals surface area contributed by atoms with Gasteiger partial charge in [-0.1, -0.05) is 70.4 Å². The van der Waals surface area contributed by atoms with Gasteiger partial charge in [-0.2, -0.15) is 5.48 Å². The lowest BCUT2D eigenvalue weighted by atomic mass is 10.1. The van der Waals surface area contributed by atoms with Crippen molar-refractivity contribution in [1.82, 2.24) is 5.48 Å². The van der Waals surface area contributed by atoms with Crippen LogP contribution in [0.4, 0.5) is 5.69 Å². The molecule has 1 aromatic carbocycles. The molecule has 0 atom stereocenters. The van der Waals surface area contributed by atoms with Crippen LogP contribution < -0.4 is 15.0 Å². The highest BCUT2D eigenvalue weighted by molar-refractivity contribution is 7.92. The van der Waals surface area contributed by atoms with Crippen molar-refractivity contribution < 1.29 is 18.0 Å². The van der Waals surface area contributed by atoms with Crippen molar-refractivity contribution in [3.63, 3.8) is 0 Å². The van der Waals surface area contributed by atoms with Gasteiger partial charge in [-0.3, -0.25) is 9.52 Å². The molecule has 26 heavy (non-hydrogen) atoms. The number of hydroxylamine groups is 1. The second-order valence-electron chi connectivity index (χ2n) is 6.58. The molecule has 2 N–H and O–H groups in total. The number of rotatable bonds is 14. The summed E-state index contributed by atoms with van der Waals surface area (Å²) in [6.07, 6.45) is 12.2. The molecule has 1 amide bonds. The summed E-state index contributed by atoms with van der Waals surface area (Å²) >= 11 is 0. The summed E-state index contributed by atoms with van der Waals surface area (Å²) in [4.78, 5) is 17.1. The highest BCUT2D eigenvalue weighted by Gasteiger charge is 2.09. The minimum atomic E-state index is -3.41. The molecule has 0 radical (unpaired) electrons. The molecular formula is C19H32N2O4S. The van der Waals surface area contributed by atoms with Gasteiger partial charge in [-0.25, -0.2) is 8.42 Å². The number of sulfonamides is 1. The molecule has 0 aliphatic rings. The monoisotopic (exact) mass is 384 g/mol. The Balaban J connectivity index is 2.19. The Morgan fingerprint density at radius 3 is 2.15 bits per heavy atom. The van der Waals surface area contributed by atoms with Gasteiger partial charge in [-0.05, 0) is 18.6 Å². The molecule has 0 aliphatic carbocycles. The SMILES string of the molecule is CCCCCCCCCCCC(=O)NOc1ccccc1NS(C)(=O)=O. The highest BCUT2D eigenvalue weighted by Crippen LogP contribution is 2.23. The maximum atomic E-state index is 11.8. The number of unbranched alkanes of at least 4 members (excludes halogenated alkanes) is 8. The van der Waals surface area contributed by atoms with Crippen LogP contribution in [0.1, 0.15) is 71.1 Å². The van der Waals surface area contributed by atoms with Crippen molar-refractivity contribution in [3.8, 4) is 5.75 Å². The van der Waals surface area contributed by atoms with E-state index in [-0.39, 0.29) is 11.7 Å². The van der Waals surface area contributed by atoms with E-state index in [4.69, 9.17) is 4.84 Å². The zero-order chi connectivity index (χ0) is 19.3. The molecule has 0 fully saturated rings. The van der Waals surface area contributed by atoms with Gasteiger partial charge in [0, 0.05) is 6.42 Å². The third kappa shape index (κ3) is 11.0. The minimum Gasteiger partial charge on any atom is -0.377 e. The van der Waals surface area contributed by atoms with Crippen molar-refractivity contribution >= 4 is 21.6 Å². The topological polar surface area (TPSA) is 84.5 Å². The van der Waals surface area contributed by atoms with Crippen LogP contribution in [0, 0.1) is 0 Å². The average Bonchev–Trinajstić information content (AvgIpc) is 2.58. The number of amides is 1. The number of anilines is 1. The molecule has 1 rings (SSSR count). The summed E-state index contributed by atoms with van der Waals surface area (Å²) in [5, 5.41) is 0. The number of nitrogens with one attached hydrogen (secondary N) is 2. The van der Waals surface area contributed by atoms with Gasteiger partial charge < -0.3 is 4.84 Å². The first-order chi connectivity index (χ1) is 12.4. The molecule has 0 unspecified atom stereocenters. The van der Waals surface area contributed by atoms with E-state index in [9.17, 15) is 13.2 Å². The van der Waals surface area contributed by atoms with E-state index in [0.717, 1.165) is 25.5 Å². The first kappa shape index (κ1) is 22.3. The third-order valence-electron chi connectivity index (χ3n) is 3.96. The number of hydrogen-bond acceptors (Lipinski definition) is 4. The smallest absolute Gasteiger partial charge is 0.252 e. The molecule has 0 saturated heterocycles. The highest BCUT2D eigenvalue weighted by atomic mass is 32.2. The van der Waals surface area contributed by atoms with Crippen LogP contribution in [0.15, 0.2) is 24.3 Å². The number of carbonyl (C=O) groups is 1. The van der Waals surface area contributed by atoms with Crippen molar-refractivity contribution in [1.29, 1.82) is 0 Å². The average molecular weight is 385 g/mol. The van der Waals surface area contributed by atoms with Crippen LogP contribution in [-0.2, 0) is 14.8 Å². The van der Waals surface area contributed by atoms with E-state index in [1.807, 2.05) is 0 Å². The van der Waals surface area contributed by atoms with Crippen LogP contribution in [0.5, 0.6) is 5.75 Å². The zero-order valence-corrected chi connectivity index (χ0v) is 16.7. The Hall–Kier alpha value is -1.76. The molecule has 0 aliphatic heterocycles. The molecule has 1 aromatic rings. The Kier molecular flexibility index (Phi) is 10.8. The van der Waals surface area contributed by atoms with Crippen LogP contribution >= 0.6 is 0 Å². The number of benzene rings is 1. The van der Waals surface area contributed by atoms with E-state index >= 15 is 0 Å². The predicted molar refractivity (Wildman–Crippen MR) is 106 cm³/mol. The van der Waals surface area contributed by atoms with Crippen LogP contribution in [0.2, 0.25) is 0 Å². The fourth-order valence-corrected chi connectivity index (χ4v) is 3.17. The predicted octanol–water partition coefficient (Wildman–Crippen LogP) is 4.39. The summed E-state index contributed by atoms with van der Waals surface area (Å²) in [7, 11) is -3.41.